The van der Waals surface area contributed by atoms with Crippen molar-refractivity contribution in [1.82, 2.24) is 4.90 Å². The first kappa shape index (κ1) is 25.6. The van der Waals surface area contributed by atoms with Crippen LogP contribution >= 0.6 is 0 Å². The number of allylic oxidation sites excluding steroid dienone is 1. The van der Waals surface area contributed by atoms with E-state index in [0.717, 1.165) is 18.4 Å². The van der Waals surface area contributed by atoms with Crippen LogP contribution in [0.3, 0.4) is 0 Å². The third-order valence-corrected chi connectivity index (χ3v) is 5.03. The molecule has 0 bridgehead atoms. The molecule has 0 saturated carbocycles. The van der Waals surface area contributed by atoms with Crippen molar-refractivity contribution in [3.8, 4) is 0 Å². The summed E-state index contributed by atoms with van der Waals surface area (Å²) in [4.78, 5) is 42.1. The summed E-state index contributed by atoms with van der Waals surface area (Å²) in [5.41, 5.74) is -2.38. The molecule has 0 radical (unpaired) electrons. The van der Waals surface area contributed by atoms with Gasteiger partial charge in [-0.25, -0.2) is 9.59 Å². The van der Waals surface area contributed by atoms with E-state index in [9.17, 15) is 14.4 Å². The fraction of sp³-hybridized carbons (Fsp3) is 0.577. The van der Waals surface area contributed by atoms with Crippen molar-refractivity contribution in [3.63, 3.8) is 0 Å². The van der Waals surface area contributed by atoms with Gasteiger partial charge in [0.15, 0.2) is 0 Å². The van der Waals surface area contributed by atoms with E-state index in [-0.39, 0.29) is 18.9 Å². The van der Waals surface area contributed by atoms with Crippen LogP contribution in [0.4, 0.5) is 0 Å². The van der Waals surface area contributed by atoms with Crippen LogP contribution in [0.5, 0.6) is 0 Å². The van der Waals surface area contributed by atoms with Gasteiger partial charge in [0.2, 0.25) is 5.91 Å². The van der Waals surface area contributed by atoms with Crippen molar-refractivity contribution in [2.75, 3.05) is 0 Å². The van der Waals surface area contributed by atoms with Crippen molar-refractivity contribution in [1.29, 1.82) is 0 Å². The van der Waals surface area contributed by atoms with Gasteiger partial charge in [-0.3, -0.25) is 4.79 Å². The summed E-state index contributed by atoms with van der Waals surface area (Å²) in [5.74, 6) is -1.85. The molecule has 1 fully saturated rings. The Balaban J connectivity index is 2.68. The number of esters is 2. The fourth-order valence-corrected chi connectivity index (χ4v) is 3.69. The number of benzene rings is 1. The zero-order valence-corrected chi connectivity index (χ0v) is 20.5. The standard InChI is InChI=1S/C26H37NO5/c1-8-9-11-16-20-17-21(28)27(18-19-14-12-10-13-15-19)26(20,22(29)31-24(2,3)4)23(30)32-25(5,6)7/h10,12-16H,8-9,11,17-18H2,1-7H3/b20-16-. The lowest BCUT2D eigenvalue weighted by Crippen LogP contribution is -2.61. The molecule has 0 spiro atoms. The van der Waals surface area contributed by atoms with Crippen molar-refractivity contribution in [2.24, 2.45) is 0 Å². The molecule has 0 atom stereocenters. The first-order chi connectivity index (χ1) is 14.8. The highest BCUT2D eigenvalue weighted by atomic mass is 16.6. The molecule has 1 aromatic rings. The average Bonchev–Trinajstić information content (AvgIpc) is 2.92. The highest BCUT2D eigenvalue weighted by molar-refractivity contribution is 6.15. The number of unbranched alkanes of at least 4 members (excludes halogenated alkanes) is 2. The predicted octanol–water partition coefficient (Wildman–Crippen LogP) is 4.96. The maximum atomic E-state index is 13.7. The van der Waals surface area contributed by atoms with Crippen LogP contribution in [0.25, 0.3) is 0 Å². The summed E-state index contributed by atoms with van der Waals surface area (Å²) in [6.07, 6.45) is 4.33. The minimum atomic E-state index is -1.94. The van der Waals surface area contributed by atoms with E-state index in [2.05, 4.69) is 6.92 Å². The third kappa shape index (κ3) is 5.99. The summed E-state index contributed by atoms with van der Waals surface area (Å²) in [6.45, 7) is 12.6. The van der Waals surface area contributed by atoms with E-state index in [1.165, 1.54) is 4.90 Å². The molecule has 1 aromatic carbocycles. The number of carbonyl (C=O) groups is 3. The van der Waals surface area contributed by atoms with E-state index in [0.29, 0.717) is 12.0 Å². The molecular formula is C26H37NO5. The van der Waals surface area contributed by atoms with Crippen molar-refractivity contribution in [3.05, 3.63) is 47.5 Å². The first-order valence-electron chi connectivity index (χ1n) is 11.3. The van der Waals surface area contributed by atoms with Gasteiger partial charge < -0.3 is 14.4 Å². The van der Waals surface area contributed by atoms with Gasteiger partial charge in [-0.05, 0) is 59.1 Å². The Morgan fingerprint density at radius 3 is 2.00 bits per heavy atom. The van der Waals surface area contributed by atoms with Gasteiger partial charge in [-0.15, -0.1) is 0 Å². The van der Waals surface area contributed by atoms with Gasteiger partial charge in [-0.2, -0.15) is 0 Å². The zero-order chi connectivity index (χ0) is 24.2. The Morgan fingerprint density at radius 2 is 1.53 bits per heavy atom. The van der Waals surface area contributed by atoms with Gasteiger partial charge in [0, 0.05) is 6.54 Å². The van der Waals surface area contributed by atoms with Crippen LogP contribution in [-0.4, -0.2) is 39.5 Å². The predicted molar refractivity (Wildman–Crippen MR) is 124 cm³/mol. The van der Waals surface area contributed by atoms with Crippen molar-refractivity contribution >= 4 is 17.8 Å². The Hall–Kier alpha value is -2.63. The molecule has 1 amide bonds. The minimum Gasteiger partial charge on any atom is -0.458 e. The number of hydrogen-bond donors (Lipinski definition) is 0. The quantitative estimate of drug-likeness (QED) is 0.258. The number of rotatable bonds is 7. The monoisotopic (exact) mass is 443 g/mol. The maximum absolute atomic E-state index is 13.7. The Kier molecular flexibility index (Phi) is 7.92. The van der Waals surface area contributed by atoms with Crippen LogP contribution in [0.15, 0.2) is 42.0 Å². The molecule has 6 heteroatoms. The zero-order valence-electron chi connectivity index (χ0n) is 20.5. The summed E-state index contributed by atoms with van der Waals surface area (Å²) >= 11 is 0. The topological polar surface area (TPSA) is 72.9 Å². The Bertz CT molecular complexity index is 830. The Morgan fingerprint density at radius 1 is 1.00 bits per heavy atom. The molecule has 1 saturated heterocycles. The van der Waals surface area contributed by atoms with E-state index in [1.54, 1.807) is 41.5 Å². The molecule has 0 N–H and O–H groups in total. The molecule has 1 aliphatic heterocycles. The van der Waals surface area contributed by atoms with Crippen molar-refractivity contribution in [2.45, 2.75) is 97.4 Å². The van der Waals surface area contributed by atoms with Gasteiger partial charge >= 0.3 is 11.9 Å². The molecule has 0 aromatic heterocycles. The maximum Gasteiger partial charge on any atom is 0.348 e. The lowest BCUT2D eigenvalue weighted by atomic mass is 9.88. The molecule has 0 unspecified atom stereocenters. The van der Waals surface area contributed by atoms with Crippen LogP contribution in [0.2, 0.25) is 0 Å². The van der Waals surface area contributed by atoms with E-state index >= 15 is 0 Å². The highest BCUT2D eigenvalue weighted by Crippen LogP contribution is 2.41. The molecule has 0 aliphatic carbocycles. The number of nitrogens with zero attached hydrogens (tertiary/aromatic N) is 1. The molecule has 1 heterocycles. The van der Waals surface area contributed by atoms with Gasteiger partial charge in [-0.1, -0.05) is 56.2 Å². The smallest absolute Gasteiger partial charge is 0.348 e. The van der Waals surface area contributed by atoms with Crippen LogP contribution < -0.4 is 0 Å². The van der Waals surface area contributed by atoms with Gasteiger partial charge in [0.25, 0.3) is 5.54 Å². The molecule has 2 rings (SSSR count). The number of carbonyl (C=O) groups excluding carboxylic acids is 3. The lowest BCUT2D eigenvalue weighted by Gasteiger charge is -2.38. The van der Waals surface area contributed by atoms with Gasteiger partial charge in [0.1, 0.15) is 11.2 Å². The largest absolute Gasteiger partial charge is 0.458 e. The molecule has 176 valence electrons. The average molecular weight is 444 g/mol. The van der Waals surface area contributed by atoms with Crippen LogP contribution in [-0.2, 0) is 30.4 Å². The first-order valence-corrected chi connectivity index (χ1v) is 11.3. The van der Waals surface area contributed by atoms with Gasteiger partial charge in [0.05, 0.1) is 6.42 Å². The summed E-state index contributed by atoms with van der Waals surface area (Å²) in [5, 5.41) is 0. The fourth-order valence-electron chi connectivity index (χ4n) is 3.69. The van der Waals surface area contributed by atoms with E-state index in [4.69, 9.17) is 9.47 Å². The second kappa shape index (κ2) is 9.88. The molecular weight excluding hydrogens is 406 g/mol. The molecule has 6 nitrogen and oxygen atoms in total. The SMILES string of the molecule is CCCC/C=C1/CC(=O)N(Cc2ccccc2)C1(C(=O)OC(C)(C)C)C(=O)OC(C)(C)C. The number of likely N-dealkylation sites (tertiary alicyclic amines) is 1. The Labute approximate surface area is 192 Å². The second-order valence-corrected chi connectivity index (χ2v) is 10.2. The lowest BCUT2D eigenvalue weighted by molar-refractivity contribution is -0.185. The number of hydrogen-bond acceptors (Lipinski definition) is 5. The van der Waals surface area contributed by atoms with Crippen LogP contribution in [0, 0.1) is 0 Å². The highest BCUT2D eigenvalue weighted by Gasteiger charge is 2.63. The normalized spacial score (nSPS) is 17.5. The molecule has 32 heavy (non-hydrogen) atoms. The summed E-state index contributed by atoms with van der Waals surface area (Å²) < 4.78 is 11.5. The summed E-state index contributed by atoms with van der Waals surface area (Å²) in [6, 6.07) is 9.31. The minimum absolute atomic E-state index is 0.0188. The summed E-state index contributed by atoms with van der Waals surface area (Å²) in [7, 11) is 0. The second-order valence-electron chi connectivity index (χ2n) is 10.2. The van der Waals surface area contributed by atoms with E-state index < -0.39 is 28.7 Å². The number of amides is 1. The number of ether oxygens (including phenoxy) is 2. The molecule has 1 aliphatic rings. The van der Waals surface area contributed by atoms with E-state index in [1.807, 2.05) is 36.4 Å². The van der Waals surface area contributed by atoms with Crippen molar-refractivity contribution < 1.29 is 23.9 Å². The third-order valence-electron chi connectivity index (χ3n) is 5.03. The van der Waals surface area contributed by atoms with Crippen LogP contribution in [0.1, 0.15) is 79.7 Å².